The molecule has 0 radical (unpaired) electrons. The fourth-order valence-electron chi connectivity index (χ4n) is 1.63. The molecule has 6 nitrogen and oxygen atoms in total. The monoisotopic (exact) mass is 249 g/mol. The summed E-state index contributed by atoms with van der Waals surface area (Å²) in [6.45, 7) is 0. The van der Waals surface area contributed by atoms with E-state index in [1.807, 2.05) is 18.2 Å². The van der Waals surface area contributed by atoms with Crippen LogP contribution in [0.3, 0.4) is 0 Å². The highest BCUT2D eigenvalue weighted by molar-refractivity contribution is 5.85. The van der Waals surface area contributed by atoms with Crippen molar-refractivity contribution in [2.75, 3.05) is 0 Å². The highest BCUT2D eigenvalue weighted by Gasteiger charge is 2.23. The largest absolute Gasteiger partial charge is 0.476 e. The van der Waals surface area contributed by atoms with Gasteiger partial charge in [-0.15, -0.1) is 0 Å². The van der Waals surface area contributed by atoms with Gasteiger partial charge in [-0.2, -0.15) is 0 Å². The number of ether oxygens (including phenoxy) is 1. The second-order valence-corrected chi connectivity index (χ2v) is 4.14. The number of hydrogen-bond acceptors (Lipinski definition) is 5. The first-order valence-electron chi connectivity index (χ1n) is 5.59. The Hall–Kier alpha value is -2.21. The third kappa shape index (κ3) is 2.72. The molecule has 6 heteroatoms. The van der Waals surface area contributed by atoms with Crippen LogP contribution in [0.25, 0.3) is 0 Å². The number of hydrogen-bond donors (Lipinski definition) is 4. The summed E-state index contributed by atoms with van der Waals surface area (Å²) in [6.07, 6.45) is 2.36. The minimum atomic E-state index is -1.29. The third-order valence-corrected chi connectivity index (χ3v) is 2.73. The average molecular weight is 249 g/mol. The van der Waals surface area contributed by atoms with E-state index in [0.29, 0.717) is 11.7 Å². The molecule has 1 saturated carbocycles. The van der Waals surface area contributed by atoms with Gasteiger partial charge in [0.2, 0.25) is 5.88 Å². The first-order valence-corrected chi connectivity index (χ1v) is 5.59. The van der Waals surface area contributed by atoms with E-state index < -0.39 is 11.7 Å². The summed E-state index contributed by atoms with van der Waals surface area (Å²) in [6, 6.07) is 7.46. The van der Waals surface area contributed by atoms with Gasteiger partial charge in [-0.05, 0) is 36.5 Å². The molecule has 0 amide bonds. The lowest BCUT2D eigenvalue weighted by atomic mass is 10.1. The van der Waals surface area contributed by atoms with Gasteiger partial charge in [0.1, 0.15) is 5.75 Å². The Labute approximate surface area is 104 Å². The predicted molar refractivity (Wildman–Crippen MR) is 65.2 cm³/mol. The van der Waals surface area contributed by atoms with Crippen LogP contribution in [0, 0.1) is 0 Å². The molecular weight excluding hydrogens is 234 g/mol. The minimum absolute atomic E-state index is 0.171. The molecule has 18 heavy (non-hydrogen) atoms. The maximum Gasteiger partial charge on any atom is 0.357 e. The standard InChI is InChI=1S/C12H15N3O3/c13-10(12(16)17)11(15-14)18-9-3-1-2-8(6-9)7-4-5-7/h1-3,6-7,15H,4-5,13-14H2,(H,16,17)/b11-10+. The zero-order chi connectivity index (χ0) is 13.1. The number of hydrazine groups is 1. The van der Waals surface area contributed by atoms with Crippen molar-refractivity contribution in [1.82, 2.24) is 5.43 Å². The van der Waals surface area contributed by atoms with Crippen LogP contribution in [0.15, 0.2) is 35.8 Å². The Morgan fingerprint density at radius 1 is 1.44 bits per heavy atom. The van der Waals surface area contributed by atoms with E-state index in [4.69, 9.17) is 21.4 Å². The Kier molecular flexibility index (Phi) is 3.38. The van der Waals surface area contributed by atoms with E-state index in [1.165, 1.54) is 18.4 Å². The number of carboxylic acid groups (broad SMARTS) is 1. The molecule has 1 aromatic rings. The summed E-state index contributed by atoms with van der Waals surface area (Å²) in [4.78, 5) is 10.7. The quantitative estimate of drug-likeness (QED) is 0.263. The van der Waals surface area contributed by atoms with Crippen LogP contribution in [0.5, 0.6) is 5.75 Å². The van der Waals surface area contributed by atoms with Crippen molar-refractivity contribution in [1.29, 1.82) is 0 Å². The molecule has 1 aromatic carbocycles. The van der Waals surface area contributed by atoms with E-state index in [2.05, 4.69) is 5.43 Å². The van der Waals surface area contributed by atoms with Gasteiger partial charge in [-0.3, -0.25) is 5.43 Å². The topological polar surface area (TPSA) is 111 Å². The van der Waals surface area contributed by atoms with Gasteiger partial charge in [0.05, 0.1) is 0 Å². The van der Waals surface area contributed by atoms with Crippen LogP contribution in [0.1, 0.15) is 24.3 Å². The van der Waals surface area contributed by atoms with Crippen molar-refractivity contribution < 1.29 is 14.6 Å². The first-order chi connectivity index (χ1) is 8.61. The lowest BCUT2D eigenvalue weighted by Crippen LogP contribution is -2.31. The lowest BCUT2D eigenvalue weighted by molar-refractivity contribution is -0.132. The smallest absolute Gasteiger partial charge is 0.357 e. The highest BCUT2D eigenvalue weighted by atomic mass is 16.5. The van der Waals surface area contributed by atoms with Crippen molar-refractivity contribution in [2.24, 2.45) is 11.6 Å². The molecule has 0 aromatic heterocycles. The van der Waals surface area contributed by atoms with Gasteiger partial charge in [0.15, 0.2) is 5.70 Å². The number of benzene rings is 1. The van der Waals surface area contributed by atoms with E-state index in [9.17, 15) is 4.79 Å². The molecule has 0 heterocycles. The summed E-state index contributed by atoms with van der Waals surface area (Å²) in [7, 11) is 0. The Morgan fingerprint density at radius 3 is 2.72 bits per heavy atom. The molecule has 0 aliphatic heterocycles. The third-order valence-electron chi connectivity index (χ3n) is 2.73. The molecule has 1 aliphatic rings. The van der Waals surface area contributed by atoms with Crippen LogP contribution >= 0.6 is 0 Å². The number of carboxylic acids is 1. The van der Waals surface area contributed by atoms with Crippen molar-refractivity contribution in [2.45, 2.75) is 18.8 Å². The van der Waals surface area contributed by atoms with Gasteiger partial charge in [-0.25, -0.2) is 10.6 Å². The predicted octanol–water partition coefficient (Wildman–Crippen LogP) is 0.618. The summed E-state index contributed by atoms with van der Waals surface area (Å²) < 4.78 is 5.34. The summed E-state index contributed by atoms with van der Waals surface area (Å²) >= 11 is 0. The van der Waals surface area contributed by atoms with Gasteiger partial charge < -0.3 is 15.6 Å². The summed E-state index contributed by atoms with van der Waals surface area (Å²) in [5, 5.41) is 8.76. The SMILES string of the molecule is NN/C(Oc1cccc(C2CC2)c1)=C(\N)C(=O)O. The minimum Gasteiger partial charge on any atom is -0.476 e. The van der Waals surface area contributed by atoms with Crippen LogP contribution in [0.2, 0.25) is 0 Å². The maximum atomic E-state index is 10.7. The average Bonchev–Trinajstić information content (AvgIpc) is 3.19. The Morgan fingerprint density at radius 2 is 2.17 bits per heavy atom. The summed E-state index contributed by atoms with van der Waals surface area (Å²) in [5.41, 5.74) is 8.20. The summed E-state index contributed by atoms with van der Waals surface area (Å²) in [5.74, 6) is 4.83. The number of nitrogens with one attached hydrogen (secondary N) is 1. The fourth-order valence-corrected chi connectivity index (χ4v) is 1.63. The zero-order valence-corrected chi connectivity index (χ0v) is 9.72. The molecule has 2 rings (SSSR count). The van der Waals surface area contributed by atoms with Crippen molar-refractivity contribution >= 4 is 5.97 Å². The van der Waals surface area contributed by atoms with Crippen LogP contribution in [-0.4, -0.2) is 11.1 Å². The molecule has 0 spiro atoms. The van der Waals surface area contributed by atoms with E-state index in [0.717, 1.165) is 0 Å². The lowest BCUT2D eigenvalue weighted by Gasteiger charge is -2.11. The van der Waals surface area contributed by atoms with E-state index in [1.54, 1.807) is 6.07 Å². The van der Waals surface area contributed by atoms with Crippen LogP contribution in [0.4, 0.5) is 0 Å². The molecule has 0 bridgehead atoms. The molecule has 6 N–H and O–H groups in total. The molecule has 0 unspecified atom stereocenters. The number of rotatable bonds is 5. The van der Waals surface area contributed by atoms with Gasteiger partial charge in [0.25, 0.3) is 0 Å². The van der Waals surface area contributed by atoms with Crippen molar-refractivity contribution in [3.05, 3.63) is 41.4 Å². The van der Waals surface area contributed by atoms with Gasteiger partial charge in [0, 0.05) is 0 Å². The maximum absolute atomic E-state index is 10.7. The second-order valence-electron chi connectivity index (χ2n) is 4.14. The zero-order valence-electron chi connectivity index (χ0n) is 9.72. The van der Waals surface area contributed by atoms with Crippen LogP contribution < -0.4 is 21.7 Å². The molecular formula is C12H15N3O3. The molecule has 0 atom stereocenters. The normalized spacial score (nSPS) is 15.8. The first kappa shape index (κ1) is 12.3. The number of aliphatic carboxylic acids is 1. The Balaban J connectivity index is 2.19. The molecule has 1 aliphatic carbocycles. The van der Waals surface area contributed by atoms with Gasteiger partial charge >= 0.3 is 5.97 Å². The fraction of sp³-hybridized carbons (Fsp3) is 0.250. The van der Waals surface area contributed by atoms with Gasteiger partial charge in [-0.1, -0.05) is 12.1 Å². The highest BCUT2D eigenvalue weighted by Crippen LogP contribution is 2.41. The van der Waals surface area contributed by atoms with E-state index >= 15 is 0 Å². The number of carbonyl (C=O) groups is 1. The number of nitrogens with two attached hydrogens (primary N) is 2. The molecule has 1 fully saturated rings. The van der Waals surface area contributed by atoms with Crippen molar-refractivity contribution in [3.8, 4) is 5.75 Å². The van der Waals surface area contributed by atoms with Crippen LogP contribution in [-0.2, 0) is 4.79 Å². The second kappa shape index (κ2) is 4.97. The molecule has 0 saturated heterocycles. The molecule has 96 valence electrons. The van der Waals surface area contributed by atoms with E-state index in [-0.39, 0.29) is 5.88 Å². The van der Waals surface area contributed by atoms with Crippen molar-refractivity contribution in [3.63, 3.8) is 0 Å². The Bertz CT molecular complexity index is 495.